The molecule has 34 heavy (non-hydrogen) atoms. The summed E-state index contributed by atoms with van der Waals surface area (Å²) in [6.45, 7) is 1.46. The number of aryl methyl sites for hydroxylation is 1. The number of benzene rings is 1. The van der Waals surface area contributed by atoms with Crippen LogP contribution >= 0.6 is 11.6 Å². The Balaban J connectivity index is 1.38. The molecule has 1 aliphatic carbocycles. The third-order valence-electron chi connectivity index (χ3n) is 7.78. The van der Waals surface area contributed by atoms with Gasteiger partial charge in [-0.1, -0.05) is 11.6 Å². The highest BCUT2D eigenvalue weighted by Crippen LogP contribution is 2.46. The first-order valence-corrected chi connectivity index (χ1v) is 11.9. The summed E-state index contributed by atoms with van der Waals surface area (Å²) in [6, 6.07) is 3.74. The third kappa shape index (κ3) is 3.09. The number of nitrogens with two attached hydrogens (primary N) is 1. The zero-order valence-electron chi connectivity index (χ0n) is 19.1. The molecule has 0 unspecified atom stereocenters. The molecule has 4 aromatic rings. The SMILES string of the molecule is Cn1cc2c(Cl)c(-c3[nH]nc4nc(N5CCC6(CC5)C[C@H](O)C[C@H]6N)n(C)c(=O)c34)ccc2n1. The van der Waals surface area contributed by atoms with Crippen LogP contribution in [0.4, 0.5) is 5.95 Å². The molecule has 178 valence electrons. The van der Waals surface area contributed by atoms with Crippen LogP contribution in [0.15, 0.2) is 23.1 Å². The molecule has 1 aromatic carbocycles. The predicted octanol–water partition coefficient (Wildman–Crippen LogP) is 1.93. The average Bonchev–Trinajstić information content (AvgIpc) is 3.47. The minimum atomic E-state index is -0.319. The number of aromatic amines is 1. The topological polar surface area (TPSA) is 131 Å². The maximum absolute atomic E-state index is 13.5. The van der Waals surface area contributed by atoms with Gasteiger partial charge in [0.15, 0.2) is 5.65 Å². The van der Waals surface area contributed by atoms with Crippen molar-refractivity contribution in [2.75, 3.05) is 18.0 Å². The second kappa shape index (κ2) is 7.53. The smallest absolute Gasteiger partial charge is 0.266 e. The van der Waals surface area contributed by atoms with E-state index in [0.717, 1.165) is 43.3 Å². The van der Waals surface area contributed by atoms with Crippen molar-refractivity contribution in [3.63, 3.8) is 0 Å². The lowest BCUT2D eigenvalue weighted by Crippen LogP contribution is -2.48. The minimum absolute atomic E-state index is 0.0136. The number of aromatic nitrogens is 6. The fourth-order valence-corrected chi connectivity index (χ4v) is 6.17. The Morgan fingerprint density at radius 2 is 2.03 bits per heavy atom. The van der Waals surface area contributed by atoms with Crippen LogP contribution in [-0.2, 0) is 14.1 Å². The first-order valence-electron chi connectivity index (χ1n) is 11.5. The highest BCUT2D eigenvalue weighted by atomic mass is 35.5. The van der Waals surface area contributed by atoms with E-state index in [-0.39, 0.29) is 23.1 Å². The van der Waals surface area contributed by atoms with E-state index < -0.39 is 0 Å². The van der Waals surface area contributed by atoms with Crippen molar-refractivity contribution in [2.24, 2.45) is 25.2 Å². The van der Waals surface area contributed by atoms with Crippen molar-refractivity contribution in [1.29, 1.82) is 0 Å². The summed E-state index contributed by atoms with van der Waals surface area (Å²) in [7, 11) is 3.58. The van der Waals surface area contributed by atoms with E-state index in [2.05, 4.69) is 20.2 Å². The van der Waals surface area contributed by atoms with Gasteiger partial charge in [-0.3, -0.25) is 19.1 Å². The van der Waals surface area contributed by atoms with Gasteiger partial charge in [-0.25, -0.2) is 0 Å². The van der Waals surface area contributed by atoms with Gasteiger partial charge in [-0.2, -0.15) is 15.2 Å². The van der Waals surface area contributed by atoms with E-state index in [1.807, 2.05) is 25.4 Å². The van der Waals surface area contributed by atoms with E-state index in [0.29, 0.717) is 39.7 Å². The molecular weight excluding hydrogens is 456 g/mol. The average molecular weight is 483 g/mol. The lowest BCUT2D eigenvalue weighted by atomic mass is 9.74. The predicted molar refractivity (Wildman–Crippen MR) is 131 cm³/mol. The van der Waals surface area contributed by atoms with Crippen LogP contribution in [0, 0.1) is 5.41 Å². The molecule has 3 aromatic heterocycles. The maximum atomic E-state index is 13.5. The Morgan fingerprint density at radius 1 is 1.26 bits per heavy atom. The van der Waals surface area contributed by atoms with Crippen LogP contribution in [0.5, 0.6) is 0 Å². The van der Waals surface area contributed by atoms with Crippen LogP contribution < -0.4 is 16.2 Å². The Morgan fingerprint density at radius 3 is 2.74 bits per heavy atom. The largest absolute Gasteiger partial charge is 0.393 e. The first-order chi connectivity index (χ1) is 16.3. The molecule has 2 atom stereocenters. The van der Waals surface area contributed by atoms with Crippen molar-refractivity contribution < 1.29 is 5.11 Å². The Hall–Kier alpha value is -2.95. The fourth-order valence-electron chi connectivity index (χ4n) is 5.87. The molecule has 0 radical (unpaired) electrons. The summed E-state index contributed by atoms with van der Waals surface area (Å²) in [5.74, 6) is 0.589. The summed E-state index contributed by atoms with van der Waals surface area (Å²) >= 11 is 6.71. The molecule has 6 rings (SSSR count). The molecule has 2 fully saturated rings. The number of halogens is 1. The number of H-pyrrole nitrogens is 1. The van der Waals surface area contributed by atoms with Gasteiger partial charge in [0.2, 0.25) is 5.95 Å². The van der Waals surface area contributed by atoms with Gasteiger partial charge >= 0.3 is 0 Å². The minimum Gasteiger partial charge on any atom is -0.393 e. The molecule has 4 N–H and O–H groups in total. The summed E-state index contributed by atoms with van der Waals surface area (Å²) in [5.41, 5.74) is 8.55. The molecule has 0 bridgehead atoms. The van der Waals surface area contributed by atoms with Crippen molar-refractivity contribution >= 4 is 39.5 Å². The number of rotatable bonds is 2. The normalized spacial score (nSPS) is 22.4. The monoisotopic (exact) mass is 482 g/mol. The second-order valence-electron chi connectivity index (χ2n) is 9.79. The zero-order valence-corrected chi connectivity index (χ0v) is 19.9. The first kappa shape index (κ1) is 21.6. The van der Waals surface area contributed by atoms with Crippen molar-refractivity contribution in [2.45, 2.75) is 37.8 Å². The van der Waals surface area contributed by atoms with Gasteiger partial charge in [0, 0.05) is 50.4 Å². The van der Waals surface area contributed by atoms with Gasteiger partial charge in [0.05, 0.1) is 22.3 Å². The lowest BCUT2D eigenvalue weighted by Gasteiger charge is -2.42. The highest BCUT2D eigenvalue weighted by molar-refractivity contribution is 6.38. The van der Waals surface area contributed by atoms with Crippen LogP contribution in [0.3, 0.4) is 0 Å². The summed E-state index contributed by atoms with van der Waals surface area (Å²) in [5, 5.41) is 23.6. The number of nitrogens with one attached hydrogen (secondary N) is 1. The van der Waals surface area contributed by atoms with Gasteiger partial charge in [0.1, 0.15) is 5.39 Å². The van der Waals surface area contributed by atoms with Crippen molar-refractivity contribution in [1.82, 2.24) is 29.5 Å². The lowest BCUT2D eigenvalue weighted by molar-refractivity contribution is 0.140. The number of hydrogen-bond donors (Lipinski definition) is 3. The molecule has 1 saturated heterocycles. The quantitative estimate of drug-likeness (QED) is 0.398. The number of fused-ring (bicyclic) bond motifs is 2. The van der Waals surface area contributed by atoms with E-state index in [1.54, 1.807) is 16.3 Å². The summed E-state index contributed by atoms with van der Waals surface area (Å²) in [6.07, 6.45) is 4.68. The van der Waals surface area contributed by atoms with Crippen LogP contribution in [0.25, 0.3) is 33.2 Å². The molecular formula is C23H27ClN8O2. The van der Waals surface area contributed by atoms with Gasteiger partial charge in [-0.15, -0.1) is 0 Å². The molecule has 10 nitrogen and oxygen atoms in total. The molecule has 0 amide bonds. The van der Waals surface area contributed by atoms with Crippen LogP contribution in [0.1, 0.15) is 25.7 Å². The molecule has 1 spiro atoms. The van der Waals surface area contributed by atoms with Gasteiger partial charge in [-0.05, 0) is 43.2 Å². The standard InChI is InChI=1S/C23H27ClN8O2/c1-30-11-14-15(29-30)4-3-13(18(14)24)19-17-20(28-27-19)26-22(31(2)21(17)34)32-7-5-23(6-8-32)10-12(33)9-16(23)25/h3-4,11-12,16,33H,5-10,25H2,1-2H3,(H,27,28)/t12-,16-/m1/s1. The zero-order chi connectivity index (χ0) is 23.8. The van der Waals surface area contributed by atoms with Crippen LogP contribution in [0.2, 0.25) is 5.02 Å². The van der Waals surface area contributed by atoms with E-state index in [4.69, 9.17) is 22.3 Å². The van der Waals surface area contributed by atoms with E-state index in [1.165, 1.54) is 0 Å². The van der Waals surface area contributed by atoms with Crippen LogP contribution in [-0.4, -0.2) is 59.9 Å². The number of aliphatic hydroxyl groups is 1. The molecule has 1 aliphatic heterocycles. The second-order valence-corrected chi connectivity index (χ2v) is 10.2. The number of aliphatic hydroxyl groups excluding tert-OH is 1. The van der Waals surface area contributed by atoms with Crippen molar-refractivity contribution in [3.8, 4) is 11.3 Å². The van der Waals surface area contributed by atoms with Gasteiger partial charge in [0.25, 0.3) is 5.56 Å². The molecule has 4 heterocycles. The Bertz CT molecular complexity index is 1480. The summed E-state index contributed by atoms with van der Waals surface area (Å²) < 4.78 is 3.29. The molecule has 11 heteroatoms. The molecule has 2 aliphatic rings. The Labute approximate surface area is 200 Å². The fraction of sp³-hybridized carbons (Fsp3) is 0.478. The number of anilines is 1. The number of piperidine rings is 1. The summed E-state index contributed by atoms with van der Waals surface area (Å²) in [4.78, 5) is 20.4. The van der Waals surface area contributed by atoms with Crippen molar-refractivity contribution in [3.05, 3.63) is 33.7 Å². The van der Waals surface area contributed by atoms with E-state index in [9.17, 15) is 9.90 Å². The Kier molecular flexibility index (Phi) is 4.78. The number of nitrogens with zero attached hydrogens (tertiary/aromatic N) is 6. The number of hydrogen-bond acceptors (Lipinski definition) is 7. The van der Waals surface area contributed by atoms with Gasteiger partial charge < -0.3 is 15.7 Å². The maximum Gasteiger partial charge on any atom is 0.266 e. The highest BCUT2D eigenvalue weighted by Gasteiger charge is 2.47. The molecule has 1 saturated carbocycles. The third-order valence-corrected chi connectivity index (χ3v) is 8.18. The van der Waals surface area contributed by atoms with E-state index >= 15 is 0 Å².